The number of nitrogens with one attached hydrogen (secondary N) is 1. The number of likely N-dealkylation sites (N-methyl/N-ethyl adjacent to an activating group) is 1. The van der Waals surface area contributed by atoms with Crippen molar-refractivity contribution in [3.8, 4) is 17.1 Å². The number of fused-ring (bicyclic) bond motifs is 1. The lowest BCUT2D eigenvalue weighted by atomic mass is 10.1. The SMILES string of the molecule is CCN1CCN(c2cc(-c3n[nH]c4ccc(OC)cc34)ncn2)CC1. The van der Waals surface area contributed by atoms with Gasteiger partial charge < -0.3 is 14.5 Å². The second kappa shape index (κ2) is 6.68. The largest absolute Gasteiger partial charge is 0.497 e. The highest BCUT2D eigenvalue weighted by molar-refractivity contribution is 5.93. The van der Waals surface area contributed by atoms with Crippen LogP contribution in [0.1, 0.15) is 6.92 Å². The fourth-order valence-electron chi connectivity index (χ4n) is 3.26. The molecule has 7 heteroatoms. The number of rotatable bonds is 4. The summed E-state index contributed by atoms with van der Waals surface area (Å²) in [6.45, 7) is 7.41. The summed E-state index contributed by atoms with van der Waals surface area (Å²) in [5.74, 6) is 1.76. The van der Waals surface area contributed by atoms with Gasteiger partial charge in [-0.15, -0.1) is 0 Å². The average molecular weight is 338 g/mol. The highest BCUT2D eigenvalue weighted by Crippen LogP contribution is 2.29. The molecule has 0 aliphatic carbocycles. The van der Waals surface area contributed by atoms with E-state index in [-0.39, 0.29) is 0 Å². The van der Waals surface area contributed by atoms with Crippen molar-refractivity contribution < 1.29 is 4.74 Å². The Balaban J connectivity index is 1.66. The second-order valence-electron chi connectivity index (χ2n) is 6.17. The molecule has 0 spiro atoms. The van der Waals surface area contributed by atoms with Crippen LogP contribution in [0.25, 0.3) is 22.3 Å². The lowest BCUT2D eigenvalue weighted by Gasteiger charge is -2.34. The summed E-state index contributed by atoms with van der Waals surface area (Å²) >= 11 is 0. The summed E-state index contributed by atoms with van der Waals surface area (Å²) in [6, 6.07) is 7.90. The van der Waals surface area contributed by atoms with Gasteiger partial charge in [0.2, 0.25) is 0 Å². The Labute approximate surface area is 146 Å². The minimum atomic E-state index is 0.806. The topological polar surface area (TPSA) is 70.2 Å². The van der Waals surface area contributed by atoms with Gasteiger partial charge in [0, 0.05) is 37.6 Å². The van der Waals surface area contributed by atoms with E-state index in [9.17, 15) is 0 Å². The molecule has 1 saturated heterocycles. The predicted molar refractivity (Wildman–Crippen MR) is 98.0 cm³/mol. The first kappa shape index (κ1) is 15.8. The third-order valence-electron chi connectivity index (χ3n) is 4.81. The summed E-state index contributed by atoms with van der Waals surface area (Å²) in [4.78, 5) is 13.7. The molecule has 130 valence electrons. The van der Waals surface area contributed by atoms with Crippen LogP contribution in [0, 0.1) is 0 Å². The normalized spacial score (nSPS) is 15.7. The number of ether oxygens (including phenoxy) is 1. The van der Waals surface area contributed by atoms with Crippen molar-refractivity contribution >= 4 is 16.7 Å². The van der Waals surface area contributed by atoms with Crippen molar-refractivity contribution in [1.29, 1.82) is 0 Å². The molecule has 1 aliphatic heterocycles. The van der Waals surface area contributed by atoms with Gasteiger partial charge in [0.25, 0.3) is 0 Å². The van der Waals surface area contributed by atoms with Crippen molar-refractivity contribution in [2.75, 3.05) is 44.7 Å². The van der Waals surface area contributed by atoms with Crippen molar-refractivity contribution in [3.05, 3.63) is 30.6 Å². The van der Waals surface area contributed by atoms with Crippen molar-refractivity contribution in [1.82, 2.24) is 25.1 Å². The maximum atomic E-state index is 5.33. The van der Waals surface area contributed by atoms with Gasteiger partial charge in [0.05, 0.1) is 18.3 Å². The van der Waals surface area contributed by atoms with Crippen LogP contribution >= 0.6 is 0 Å². The third kappa shape index (κ3) is 3.02. The molecule has 0 amide bonds. The summed E-state index contributed by atoms with van der Waals surface area (Å²) in [5.41, 5.74) is 2.61. The van der Waals surface area contributed by atoms with Crippen LogP contribution in [0.2, 0.25) is 0 Å². The Morgan fingerprint density at radius 2 is 1.96 bits per heavy atom. The Morgan fingerprint density at radius 1 is 1.12 bits per heavy atom. The molecule has 3 aromatic rings. The van der Waals surface area contributed by atoms with Crippen LogP contribution in [0.15, 0.2) is 30.6 Å². The third-order valence-corrected chi connectivity index (χ3v) is 4.81. The van der Waals surface area contributed by atoms with E-state index in [0.29, 0.717) is 0 Å². The quantitative estimate of drug-likeness (QED) is 0.786. The van der Waals surface area contributed by atoms with Crippen LogP contribution in [0.5, 0.6) is 5.75 Å². The van der Waals surface area contributed by atoms with Gasteiger partial charge in [-0.25, -0.2) is 9.97 Å². The van der Waals surface area contributed by atoms with E-state index in [2.05, 4.69) is 36.9 Å². The molecule has 7 nitrogen and oxygen atoms in total. The number of benzene rings is 1. The molecule has 1 aliphatic rings. The van der Waals surface area contributed by atoms with Crippen LogP contribution in [0.3, 0.4) is 0 Å². The van der Waals surface area contributed by atoms with E-state index in [4.69, 9.17) is 4.74 Å². The summed E-state index contributed by atoms with van der Waals surface area (Å²) in [6.07, 6.45) is 1.62. The smallest absolute Gasteiger partial charge is 0.132 e. The van der Waals surface area contributed by atoms with Gasteiger partial charge in [-0.2, -0.15) is 5.10 Å². The monoisotopic (exact) mass is 338 g/mol. The number of aromatic nitrogens is 4. The molecule has 0 bridgehead atoms. The lowest BCUT2D eigenvalue weighted by molar-refractivity contribution is 0.270. The van der Waals surface area contributed by atoms with Gasteiger partial charge in [0.1, 0.15) is 23.6 Å². The minimum Gasteiger partial charge on any atom is -0.497 e. The standard InChI is InChI=1S/C18H22N6O/c1-3-23-6-8-24(9-7-23)17-11-16(19-12-20-17)18-14-10-13(25-2)4-5-15(14)21-22-18/h4-5,10-12H,3,6-9H2,1-2H3,(H,21,22). The van der Waals surface area contributed by atoms with Crippen LogP contribution in [-0.4, -0.2) is 64.9 Å². The minimum absolute atomic E-state index is 0.806. The van der Waals surface area contributed by atoms with Crippen LogP contribution in [-0.2, 0) is 0 Å². The average Bonchev–Trinajstić information content (AvgIpc) is 3.11. The zero-order valence-corrected chi connectivity index (χ0v) is 14.6. The number of aromatic amines is 1. The van der Waals surface area contributed by atoms with Gasteiger partial charge in [-0.1, -0.05) is 6.92 Å². The number of hydrogen-bond donors (Lipinski definition) is 1. The molecule has 1 N–H and O–H groups in total. The first-order valence-corrected chi connectivity index (χ1v) is 8.60. The first-order valence-electron chi connectivity index (χ1n) is 8.60. The van der Waals surface area contributed by atoms with Gasteiger partial charge in [0.15, 0.2) is 0 Å². The molecule has 0 atom stereocenters. The number of H-pyrrole nitrogens is 1. The number of nitrogens with zero attached hydrogens (tertiary/aromatic N) is 5. The van der Waals surface area contributed by atoms with Crippen molar-refractivity contribution in [2.45, 2.75) is 6.92 Å². The molecule has 0 radical (unpaired) electrons. The zero-order valence-electron chi connectivity index (χ0n) is 14.6. The molecule has 2 aromatic heterocycles. The molecule has 0 saturated carbocycles. The predicted octanol–water partition coefficient (Wildman–Crippen LogP) is 2.17. The molecule has 0 unspecified atom stereocenters. The van der Waals surface area contributed by atoms with E-state index >= 15 is 0 Å². The zero-order chi connectivity index (χ0) is 17.2. The highest BCUT2D eigenvalue weighted by Gasteiger charge is 2.18. The van der Waals surface area contributed by atoms with Gasteiger partial charge >= 0.3 is 0 Å². The summed E-state index contributed by atoms with van der Waals surface area (Å²) < 4.78 is 5.33. The summed E-state index contributed by atoms with van der Waals surface area (Å²) in [7, 11) is 1.67. The van der Waals surface area contributed by atoms with Crippen LogP contribution < -0.4 is 9.64 Å². The molecule has 25 heavy (non-hydrogen) atoms. The Morgan fingerprint density at radius 3 is 2.72 bits per heavy atom. The van der Waals surface area contributed by atoms with E-state index in [1.165, 1.54) is 0 Å². The Kier molecular flexibility index (Phi) is 4.23. The Hall–Kier alpha value is -2.67. The fourth-order valence-corrected chi connectivity index (χ4v) is 3.26. The molecular weight excluding hydrogens is 316 g/mol. The number of piperazine rings is 1. The molecule has 1 fully saturated rings. The maximum Gasteiger partial charge on any atom is 0.132 e. The fraction of sp³-hybridized carbons (Fsp3) is 0.389. The van der Waals surface area contributed by atoms with Gasteiger partial charge in [-0.3, -0.25) is 5.10 Å². The second-order valence-corrected chi connectivity index (χ2v) is 6.17. The first-order chi connectivity index (χ1) is 12.3. The maximum absolute atomic E-state index is 5.33. The molecule has 3 heterocycles. The molecule has 4 rings (SSSR count). The lowest BCUT2D eigenvalue weighted by Crippen LogP contribution is -2.46. The number of hydrogen-bond acceptors (Lipinski definition) is 6. The molecular formula is C18H22N6O. The van der Waals surface area contributed by atoms with E-state index in [1.807, 2.05) is 24.3 Å². The number of methoxy groups -OCH3 is 1. The summed E-state index contributed by atoms with van der Waals surface area (Å²) in [5, 5.41) is 8.52. The molecule has 1 aromatic carbocycles. The van der Waals surface area contributed by atoms with Crippen molar-refractivity contribution in [3.63, 3.8) is 0 Å². The van der Waals surface area contributed by atoms with Gasteiger partial charge in [-0.05, 0) is 24.7 Å². The van der Waals surface area contributed by atoms with Crippen LogP contribution in [0.4, 0.5) is 5.82 Å². The highest BCUT2D eigenvalue weighted by atomic mass is 16.5. The van der Waals surface area contributed by atoms with E-state index in [1.54, 1.807) is 13.4 Å². The van der Waals surface area contributed by atoms with Crippen molar-refractivity contribution in [2.24, 2.45) is 0 Å². The van der Waals surface area contributed by atoms with E-state index < -0.39 is 0 Å². The Bertz CT molecular complexity index is 869. The number of anilines is 1. The van der Waals surface area contributed by atoms with E-state index in [0.717, 1.165) is 66.6 Å².